The fraction of sp³-hybridized carbons (Fsp3) is 0.471. The van der Waals surface area contributed by atoms with Gasteiger partial charge in [-0.1, -0.05) is 49.1 Å². The van der Waals surface area contributed by atoms with Crippen LogP contribution in [0.2, 0.25) is 0 Å². The highest BCUT2D eigenvalue weighted by atomic mass is 16.5. The van der Waals surface area contributed by atoms with Crippen molar-refractivity contribution in [2.45, 2.75) is 44.6 Å². The van der Waals surface area contributed by atoms with E-state index in [2.05, 4.69) is 5.32 Å². The number of hydrogen-bond donors (Lipinski definition) is 1. The van der Waals surface area contributed by atoms with Gasteiger partial charge >= 0.3 is 5.97 Å². The largest absolute Gasteiger partial charge is 0.467 e. The van der Waals surface area contributed by atoms with Crippen LogP contribution >= 0.6 is 0 Å². The summed E-state index contributed by atoms with van der Waals surface area (Å²) in [5.74, 6) is -1.86. The van der Waals surface area contributed by atoms with Crippen LogP contribution in [0.4, 0.5) is 0 Å². The van der Waals surface area contributed by atoms with Crippen molar-refractivity contribution in [1.29, 1.82) is 0 Å². The number of amides is 1. The number of aryl methyl sites for hydroxylation is 1. The standard InChI is InChI=1S/C17H21NO4/c1-12-6-8-13(9-7-12)14(19)15(20)18-17(16(21)22-2)10-4-3-5-11-17/h6-9H,3-5,10-11H2,1-2H3,(H,18,20). The van der Waals surface area contributed by atoms with Gasteiger partial charge in [-0.3, -0.25) is 9.59 Å². The number of carbonyl (C=O) groups excluding carboxylic acids is 3. The Labute approximate surface area is 130 Å². The van der Waals surface area contributed by atoms with Gasteiger partial charge in [-0.25, -0.2) is 4.79 Å². The van der Waals surface area contributed by atoms with E-state index in [0.29, 0.717) is 18.4 Å². The molecule has 1 saturated carbocycles. The number of methoxy groups -OCH3 is 1. The monoisotopic (exact) mass is 303 g/mol. The third kappa shape index (κ3) is 3.35. The van der Waals surface area contributed by atoms with Gasteiger partial charge in [0.2, 0.25) is 5.78 Å². The molecule has 0 unspecified atom stereocenters. The summed E-state index contributed by atoms with van der Waals surface area (Å²) in [6.45, 7) is 1.91. The van der Waals surface area contributed by atoms with Crippen molar-refractivity contribution >= 4 is 17.7 Å². The molecule has 0 aromatic heterocycles. The highest BCUT2D eigenvalue weighted by Crippen LogP contribution is 2.29. The van der Waals surface area contributed by atoms with E-state index < -0.39 is 23.2 Å². The summed E-state index contributed by atoms with van der Waals surface area (Å²) < 4.78 is 4.83. The summed E-state index contributed by atoms with van der Waals surface area (Å²) in [4.78, 5) is 36.6. The third-order valence-corrected chi connectivity index (χ3v) is 4.16. The van der Waals surface area contributed by atoms with Crippen LogP contribution in [-0.4, -0.2) is 30.3 Å². The summed E-state index contributed by atoms with van der Waals surface area (Å²) in [5.41, 5.74) is 0.263. The lowest BCUT2D eigenvalue weighted by Gasteiger charge is -2.34. The second-order valence-corrected chi connectivity index (χ2v) is 5.78. The van der Waals surface area contributed by atoms with Gasteiger partial charge in [0.15, 0.2) is 0 Å². The Hall–Kier alpha value is -2.17. The van der Waals surface area contributed by atoms with E-state index in [-0.39, 0.29) is 0 Å². The highest BCUT2D eigenvalue weighted by Gasteiger charge is 2.43. The van der Waals surface area contributed by atoms with E-state index in [9.17, 15) is 14.4 Å². The molecule has 0 atom stereocenters. The number of ether oxygens (including phenoxy) is 1. The number of hydrogen-bond acceptors (Lipinski definition) is 4. The molecule has 5 nitrogen and oxygen atoms in total. The number of Topliss-reactive ketones (excluding diaryl/α,β-unsaturated/α-hetero) is 1. The SMILES string of the molecule is COC(=O)C1(NC(=O)C(=O)c2ccc(C)cc2)CCCCC1. The van der Waals surface area contributed by atoms with Crippen LogP contribution < -0.4 is 5.32 Å². The van der Waals surface area contributed by atoms with Crippen LogP contribution in [-0.2, 0) is 14.3 Å². The van der Waals surface area contributed by atoms with E-state index in [0.717, 1.165) is 24.8 Å². The predicted octanol–water partition coefficient (Wildman–Crippen LogP) is 2.17. The molecule has 1 aliphatic carbocycles. The van der Waals surface area contributed by atoms with Gasteiger partial charge in [0, 0.05) is 5.56 Å². The van der Waals surface area contributed by atoms with Gasteiger partial charge in [0.05, 0.1) is 7.11 Å². The number of carbonyl (C=O) groups is 3. The maximum Gasteiger partial charge on any atom is 0.331 e. The molecule has 0 radical (unpaired) electrons. The van der Waals surface area contributed by atoms with Crippen LogP contribution in [0, 0.1) is 6.92 Å². The Bertz CT molecular complexity index is 571. The van der Waals surface area contributed by atoms with Crippen LogP contribution in [0.3, 0.4) is 0 Å². The average molecular weight is 303 g/mol. The lowest BCUT2D eigenvalue weighted by Crippen LogP contribution is -2.57. The Morgan fingerprint density at radius 3 is 2.18 bits per heavy atom. The molecule has 0 heterocycles. The molecule has 5 heteroatoms. The van der Waals surface area contributed by atoms with Crippen LogP contribution in [0.25, 0.3) is 0 Å². The molecule has 0 spiro atoms. The van der Waals surface area contributed by atoms with Crippen molar-refractivity contribution in [3.63, 3.8) is 0 Å². The molecule has 0 bridgehead atoms. The van der Waals surface area contributed by atoms with E-state index in [1.54, 1.807) is 24.3 Å². The van der Waals surface area contributed by atoms with Gasteiger partial charge in [0.1, 0.15) is 5.54 Å². The second kappa shape index (κ2) is 6.73. The zero-order valence-corrected chi connectivity index (χ0v) is 13.0. The molecular formula is C17H21NO4. The number of ketones is 1. The fourth-order valence-corrected chi connectivity index (χ4v) is 2.84. The van der Waals surface area contributed by atoms with Gasteiger partial charge < -0.3 is 10.1 Å². The minimum absolute atomic E-state index is 0.318. The van der Waals surface area contributed by atoms with Crippen molar-refractivity contribution in [2.75, 3.05) is 7.11 Å². The molecule has 1 amide bonds. The molecule has 118 valence electrons. The fourth-order valence-electron chi connectivity index (χ4n) is 2.84. The van der Waals surface area contributed by atoms with E-state index in [4.69, 9.17) is 4.74 Å². The maximum atomic E-state index is 12.3. The first-order chi connectivity index (χ1) is 10.5. The normalized spacial score (nSPS) is 16.6. The summed E-state index contributed by atoms with van der Waals surface area (Å²) in [5, 5.41) is 2.63. The lowest BCUT2D eigenvalue weighted by atomic mass is 9.81. The summed E-state index contributed by atoms with van der Waals surface area (Å²) in [6.07, 6.45) is 3.68. The summed E-state index contributed by atoms with van der Waals surface area (Å²) in [6, 6.07) is 6.78. The molecule has 1 fully saturated rings. The zero-order chi connectivity index (χ0) is 16.2. The highest BCUT2D eigenvalue weighted by molar-refractivity contribution is 6.43. The molecular weight excluding hydrogens is 282 g/mol. The predicted molar refractivity (Wildman–Crippen MR) is 81.5 cm³/mol. The molecule has 22 heavy (non-hydrogen) atoms. The minimum Gasteiger partial charge on any atom is -0.467 e. The van der Waals surface area contributed by atoms with Crippen LogP contribution in [0.1, 0.15) is 48.0 Å². The first-order valence-electron chi connectivity index (χ1n) is 7.50. The number of rotatable bonds is 4. The van der Waals surface area contributed by atoms with Crippen LogP contribution in [0.5, 0.6) is 0 Å². The second-order valence-electron chi connectivity index (χ2n) is 5.78. The van der Waals surface area contributed by atoms with Gasteiger partial charge in [-0.05, 0) is 19.8 Å². The van der Waals surface area contributed by atoms with Gasteiger partial charge in [0.25, 0.3) is 5.91 Å². The van der Waals surface area contributed by atoms with Crippen molar-refractivity contribution in [3.05, 3.63) is 35.4 Å². The van der Waals surface area contributed by atoms with Crippen LogP contribution in [0.15, 0.2) is 24.3 Å². The summed E-state index contributed by atoms with van der Waals surface area (Å²) >= 11 is 0. The number of benzene rings is 1. The van der Waals surface area contributed by atoms with Gasteiger partial charge in [-0.2, -0.15) is 0 Å². The third-order valence-electron chi connectivity index (χ3n) is 4.16. The Morgan fingerprint density at radius 2 is 1.64 bits per heavy atom. The minimum atomic E-state index is -1.07. The first kappa shape index (κ1) is 16.2. The summed E-state index contributed by atoms with van der Waals surface area (Å²) in [7, 11) is 1.30. The van der Waals surface area contributed by atoms with Crippen molar-refractivity contribution < 1.29 is 19.1 Å². The van der Waals surface area contributed by atoms with E-state index in [1.165, 1.54) is 7.11 Å². The molecule has 0 aliphatic heterocycles. The Balaban J connectivity index is 2.15. The Kier molecular flexibility index (Phi) is 4.96. The Morgan fingerprint density at radius 1 is 1.05 bits per heavy atom. The van der Waals surface area contributed by atoms with Gasteiger partial charge in [-0.15, -0.1) is 0 Å². The van der Waals surface area contributed by atoms with E-state index in [1.807, 2.05) is 6.92 Å². The first-order valence-corrected chi connectivity index (χ1v) is 7.50. The topological polar surface area (TPSA) is 72.5 Å². The quantitative estimate of drug-likeness (QED) is 0.525. The molecule has 0 saturated heterocycles. The molecule has 2 rings (SSSR count). The molecule has 1 aromatic carbocycles. The molecule has 1 N–H and O–H groups in total. The molecule has 1 aliphatic rings. The number of nitrogens with one attached hydrogen (secondary N) is 1. The van der Waals surface area contributed by atoms with Crippen molar-refractivity contribution in [1.82, 2.24) is 5.32 Å². The van der Waals surface area contributed by atoms with Crippen molar-refractivity contribution in [3.8, 4) is 0 Å². The maximum absolute atomic E-state index is 12.3. The number of esters is 1. The smallest absolute Gasteiger partial charge is 0.331 e. The average Bonchev–Trinajstić information content (AvgIpc) is 2.54. The molecule has 1 aromatic rings. The van der Waals surface area contributed by atoms with Crippen molar-refractivity contribution in [2.24, 2.45) is 0 Å². The van der Waals surface area contributed by atoms with E-state index >= 15 is 0 Å². The lowest BCUT2D eigenvalue weighted by molar-refractivity contribution is -0.152. The zero-order valence-electron chi connectivity index (χ0n) is 13.0.